The summed E-state index contributed by atoms with van der Waals surface area (Å²) in [6.07, 6.45) is 3.96. The number of aromatic nitrogens is 6. The van der Waals surface area contributed by atoms with Crippen LogP contribution in [0.1, 0.15) is 117 Å². The maximum atomic E-state index is 5.19. The van der Waals surface area contributed by atoms with Gasteiger partial charge in [0.15, 0.2) is 0 Å². The number of hydrogen-bond donors (Lipinski definition) is 0. The smallest absolute Gasteiger partial charge is 0.0961 e. The summed E-state index contributed by atoms with van der Waals surface area (Å²) in [6, 6.07) is 74.6. The molecule has 15 rings (SSSR count). The predicted molar refractivity (Wildman–Crippen MR) is 375 cm³/mol. The summed E-state index contributed by atoms with van der Waals surface area (Å²) in [5, 5.41) is 9.60. The second-order valence-electron chi connectivity index (χ2n) is 28.9. The molecule has 0 aliphatic rings. The first-order valence-corrected chi connectivity index (χ1v) is 31.3. The van der Waals surface area contributed by atoms with Crippen molar-refractivity contribution in [3.63, 3.8) is 0 Å². The van der Waals surface area contributed by atoms with Gasteiger partial charge in [-0.05, 0) is 166 Å². The van der Waals surface area contributed by atoms with E-state index in [1.807, 2.05) is 12.4 Å². The Balaban J connectivity index is 1.33. The van der Waals surface area contributed by atoms with Gasteiger partial charge in [0.05, 0.1) is 66.9 Å². The minimum atomic E-state index is -0.103. The lowest BCUT2D eigenvalue weighted by Crippen LogP contribution is -2.16. The normalized spacial score (nSPS) is 12.9. The van der Waals surface area contributed by atoms with Crippen LogP contribution in [0.15, 0.2) is 207 Å². The molecule has 434 valence electrons. The Kier molecular flexibility index (Phi) is 12.2. The Labute approximate surface area is 516 Å². The minimum Gasteiger partial charge on any atom is -0.308 e. The van der Waals surface area contributed by atoms with E-state index in [2.05, 4.69) is 309 Å². The van der Waals surface area contributed by atoms with Crippen molar-refractivity contribution in [1.82, 2.24) is 28.2 Å². The molecule has 6 nitrogen and oxygen atoms in total. The van der Waals surface area contributed by atoms with E-state index in [1.54, 1.807) is 0 Å². The van der Waals surface area contributed by atoms with Gasteiger partial charge in [-0.3, -0.25) is 9.97 Å². The van der Waals surface area contributed by atoms with E-state index in [4.69, 9.17) is 9.97 Å². The first-order valence-electron chi connectivity index (χ1n) is 31.3. The number of aryl methyl sites for hydroxylation is 2. The molecule has 0 atom stereocenters. The molecular weight excluding hydrogens is 1070 g/mol. The van der Waals surface area contributed by atoms with Crippen LogP contribution >= 0.6 is 0 Å². The predicted octanol–water partition coefficient (Wildman–Crippen LogP) is 22.0. The number of benzene rings is 9. The molecule has 0 bridgehead atoms. The number of fused-ring (bicyclic) bond motifs is 12. The fraction of sp³-hybridized carbons (Fsp3) is 0.220. The largest absolute Gasteiger partial charge is 0.308 e. The Morgan fingerprint density at radius 3 is 0.852 bits per heavy atom. The van der Waals surface area contributed by atoms with Crippen molar-refractivity contribution >= 4 is 87.2 Å². The summed E-state index contributed by atoms with van der Waals surface area (Å²) in [5.41, 5.74) is 24.1. The molecule has 0 unspecified atom stereocenters. The minimum absolute atomic E-state index is 0.0957. The number of para-hydroxylation sites is 4. The van der Waals surface area contributed by atoms with Gasteiger partial charge in [0.25, 0.3) is 0 Å². The zero-order chi connectivity index (χ0) is 61.1. The third-order valence-corrected chi connectivity index (χ3v) is 18.8. The van der Waals surface area contributed by atoms with Crippen LogP contribution in [0.4, 0.5) is 0 Å². The highest BCUT2D eigenvalue weighted by molar-refractivity contribution is 6.19. The topological polar surface area (TPSA) is 45.5 Å². The molecule has 0 spiro atoms. The van der Waals surface area contributed by atoms with Gasteiger partial charge < -0.3 is 18.3 Å². The molecule has 6 aromatic heterocycles. The van der Waals surface area contributed by atoms with Crippen molar-refractivity contribution in [2.24, 2.45) is 0 Å². The lowest BCUT2D eigenvalue weighted by atomic mass is 9.86. The zero-order valence-corrected chi connectivity index (χ0v) is 53.3. The molecule has 6 heterocycles. The van der Waals surface area contributed by atoms with Gasteiger partial charge in [0.1, 0.15) is 0 Å². The average molecular weight is 1150 g/mol. The van der Waals surface area contributed by atoms with Gasteiger partial charge in [-0.25, -0.2) is 0 Å². The molecule has 15 aromatic rings. The second kappa shape index (κ2) is 19.5. The van der Waals surface area contributed by atoms with Crippen molar-refractivity contribution in [3.8, 4) is 45.0 Å². The summed E-state index contributed by atoms with van der Waals surface area (Å²) >= 11 is 0. The van der Waals surface area contributed by atoms with Crippen LogP contribution in [-0.4, -0.2) is 28.2 Å². The second-order valence-corrected chi connectivity index (χ2v) is 28.9. The molecule has 6 heteroatoms. The van der Waals surface area contributed by atoms with E-state index in [0.717, 1.165) is 101 Å². The maximum absolute atomic E-state index is 5.19. The highest BCUT2D eigenvalue weighted by Crippen LogP contribution is 2.55. The SMILES string of the molecule is Cc1cc(-c2c(-n3c4ccccc4c4cc(C(C)(C)C)ccc43)c(-c3ccncc3)c(-n3c4ccccc4c4cc(C(C)(C)C)ccc43)c(-n3c4ccccc4c4cc(C(C)(C)C)ccc43)c2-n2c3ccccc3c3cc(C(C)(C)C)ccc32)cc(C)n1. The number of rotatable bonds is 6. The van der Waals surface area contributed by atoms with Gasteiger partial charge in [-0.2, -0.15) is 0 Å². The molecule has 0 fully saturated rings. The molecular formula is C82H76N6. The van der Waals surface area contributed by atoms with Crippen molar-refractivity contribution in [2.45, 2.75) is 119 Å². The Morgan fingerprint density at radius 2 is 0.534 bits per heavy atom. The maximum Gasteiger partial charge on any atom is 0.0961 e. The van der Waals surface area contributed by atoms with Crippen molar-refractivity contribution in [1.29, 1.82) is 0 Å². The van der Waals surface area contributed by atoms with Crippen LogP contribution in [0.5, 0.6) is 0 Å². The van der Waals surface area contributed by atoms with Crippen molar-refractivity contribution < 1.29 is 0 Å². The lowest BCUT2D eigenvalue weighted by molar-refractivity contribution is 0.591. The fourth-order valence-electron chi connectivity index (χ4n) is 14.3. The first-order chi connectivity index (χ1) is 42.0. The van der Waals surface area contributed by atoms with Gasteiger partial charge in [0.2, 0.25) is 0 Å². The molecule has 0 amide bonds. The van der Waals surface area contributed by atoms with Crippen LogP contribution in [0.25, 0.3) is 132 Å². The van der Waals surface area contributed by atoms with Crippen LogP contribution in [-0.2, 0) is 21.7 Å². The van der Waals surface area contributed by atoms with Crippen LogP contribution in [0.2, 0.25) is 0 Å². The van der Waals surface area contributed by atoms with Crippen LogP contribution in [0, 0.1) is 13.8 Å². The quantitative estimate of drug-likeness (QED) is 0.167. The highest BCUT2D eigenvalue weighted by Gasteiger charge is 2.37. The molecule has 9 aromatic carbocycles. The molecule has 0 saturated heterocycles. The van der Waals surface area contributed by atoms with Gasteiger partial charge in [-0.15, -0.1) is 0 Å². The van der Waals surface area contributed by atoms with E-state index in [-0.39, 0.29) is 21.7 Å². The third kappa shape index (κ3) is 8.49. The Morgan fingerprint density at radius 1 is 0.261 bits per heavy atom. The summed E-state index contributed by atoms with van der Waals surface area (Å²) in [5.74, 6) is 0. The molecule has 0 saturated carbocycles. The molecule has 88 heavy (non-hydrogen) atoms. The van der Waals surface area contributed by atoms with Crippen molar-refractivity contribution in [3.05, 3.63) is 240 Å². The van der Waals surface area contributed by atoms with Crippen LogP contribution in [0.3, 0.4) is 0 Å². The Hall–Kier alpha value is -9.52. The third-order valence-electron chi connectivity index (χ3n) is 18.8. The van der Waals surface area contributed by atoms with Gasteiger partial charge in [0, 0.05) is 78.0 Å². The Bertz CT molecular complexity index is 5350. The monoisotopic (exact) mass is 1140 g/mol. The summed E-state index contributed by atoms with van der Waals surface area (Å²) < 4.78 is 10.6. The zero-order valence-electron chi connectivity index (χ0n) is 53.3. The number of pyridine rings is 2. The molecule has 0 aliphatic carbocycles. The highest BCUT2D eigenvalue weighted by atomic mass is 15.1. The van der Waals surface area contributed by atoms with Crippen molar-refractivity contribution in [2.75, 3.05) is 0 Å². The standard InChI is InChI=1S/C82H76N6/c1-49-43-52(44-50(2)84-49)74-75(85-65-27-19-15-23-57(65)61-45-53(79(3,4)5)31-35-69(61)85)73(51-39-41-83-42-40-51)76(86-66-28-20-16-24-58(66)62-46-54(80(6,7)8)32-36-70(62)86)78(88-68-30-22-18-26-60(68)64-48-56(82(12,13)14)34-38-72(64)88)77(74)87-67-29-21-17-25-59(67)63-47-55(81(9,10)11)33-37-71(63)87/h15-48H,1-14H3. The van der Waals surface area contributed by atoms with E-state index < -0.39 is 0 Å². The fourth-order valence-corrected chi connectivity index (χ4v) is 14.3. The lowest BCUT2D eigenvalue weighted by Gasteiger charge is -2.31. The molecule has 0 aliphatic heterocycles. The number of nitrogens with zero attached hydrogens (tertiary/aromatic N) is 6. The van der Waals surface area contributed by atoms with Gasteiger partial charge >= 0.3 is 0 Å². The summed E-state index contributed by atoms with van der Waals surface area (Å²) in [6.45, 7) is 32.2. The summed E-state index contributed by atoms with van der Waals surface area (Å²) in [4.78, 5) is 10.0. The molecule has 0 N–H and O–H groups in total. The first kappa shape index (κ1) is 55.1. The van der Waals surface area contributed by atoms with Crippen LogP contribution < -0.4 is 0 Å². The van der Waals surface area contributed by atoms with E-state index in [0.29, 0.717) is 0 Å². The van der Waals surface area contributed by atoms with E-state index in [1.165, 1.54) is 65.3 Å². The summed E-state index contributed by atoms with van der Waals surface area (Å²) in [7, 11) is 0. The average Bonchev–Trinajstić information content (AvgIpc) is 1.42. The van der Waals surface area contributed by atoms with E-state index >= 15 is 0 Å². The molecule has 0 radical (unpaired) electrons. The number of hydrogen-bond acceptors (Lipinski definition) is 2. The van der Waals surface area contributed by atoms with E-state index in [9.17, 15) is 0 Å². The van der Waals surface area contributed by atoms with Gasteiger partial charge in [-0.1, -0.05) is 180 Å².